The van der Waals surface area contributed by atoms with Crippen molar-refractivity contribution in [1.29, 1.82) is 0 Å². The summed E-state index contributed by atoms with van der Waals surface area (Å²) in [6.07, 6.45) is 1.86. The Morgan fingerprint density at radius 3 is 2.85 bits per heavy atom. The van der Waals surface area contributed by atoms with Crippen molar-refractivity contribution in [2.24, 2.45) is 5.92 Å². The van der Waals surface area contributed by atoms with Crippen LogP contribution in [0.1, 0.15) is 19.5 Å². The van der Waals surface area contributed by atoms with E-state index in [9.17, 15) is 0 Å². The lowest BCUT2D eigenvalue weighted by Gasteiger charge is -2.44. The first-order valence-corrected chi connectivity index (χ1v) is 4.91. The molecule has 2 rings (SSSR count). The minimum atomic E-state index is 0.724. The van der Waals surface area contributed by atoms with Crippen LogP contribution in [0, 0.1) is 5.92 Å². The van der Waals surface area contributed by atoms with Gasteiger partial charge in [0.05, 0.1) is 5.69 Å². The molecule has 2 unspecified atom stereocenters. The van der Waals surface area contributed by atoms with Crippen LogP contribution in [0.3, 0.4) is 0 Å². The standard InChI is InChI=1S/C11H16N2/c1-9-7-13(10(9)2)8-11-5-3-4-6-12-11/h3-6,9-10H,7-8H2,1-2H3. The molecule has 1 aliphatic rings. The fourth-order valence-electron chi connectivity index (χ4n) is 1.82. The summed E-state index contributed by atoms with van der Waals surface area (Å²) < 4.78 is 0. The molecule has 2 heterocycles. The van der Waals surface area contributed by atoms with E-state index in [1.54, 1.807) is 0 Å². The summed E-state index contributed by atoms with van der Waals surface area (Å²) in [7, 11) is 0. The Kier molecular flexibility index (Phi) is 2.32. The Morgan fingerprint density at radius 1 is 1.46 bits per heavy atom. The molecule has 13 heavy (non-hydrogen) atoms. The van der Waals surface area contributed by atoms with Crippen molar-refractivity contribution in [3.05, 3.63) is 30.1 Å². The predicted molar refractivity (Wildman–Crippen MR) is 53.3 cm³/mol. The average molecular weight is 176 g/mol. The summed E-state index contributed by atoms with van der Waals surface area (Å²) in [5.74, 6) is 0.851. The molecule has 0 N–H and O–H groups in total. The molecule has 70 valence electrons. The maximum absolute atomic E-state index is 4.32. The summed E-state index contributed by atoms with van der Waals surface area (Å²) >= 11 is 0. The number of hydrogen-bond acceptors (Lipinski definition) is 2. The number of aromatic nitrogens is 1. The van der Waals surface area contributed by atoms with Gasteiger partial charge in [-0.3, -0.25) is 9.88 Å². The van der Waals surface area contributed by atoms with E-state index in [-0.39, 0.29) is 0 Å². The number of pyridine rings is 1. The smallest absolute Gasteiger partial charge is 0.0544 e. The number of nitrogens with zero attached hydrogens (tertiary/aromatic N) is 2. The van der Waals surface area contributed by atoms with E-state index in [2.05, 4.69) is 35.9 Å². The van der Waals surface area contributed by atoms with Crippen LogP contribution >= 0.6 is 0 Å². The highest BCUT2D eigenvalue weighted by atomic mass is 15.2. The van der Waals surface area contributed by atoms with E-state index in [1.807, 2.05) is 12.3 Å². The molecule has 0 bridgehead atoms. The summed E-state index contributed by atoms with van der Waals surface area (Å²) in [6.45, 7) is 6.82. The average Bonchev–Trinajstić information content (AvgIpc) is 2.19. The molecular formula is C11H16N2. The fraction of sp³-hybridized carbons (Fsp3) is 0.545. The van der Waals surface area contributed by atoms with Crippen LogP contribution in [0.2, 0.25) is 0 Å². The second-order valence-electron chi connectivity index (χ2n) is 3.97. The first kappa shape index (κ1) is 8.70. The van der Waals surface area contributed by atoms with Gasteiger partial charge in [-0.1, -0.05) is 13.0 Å². The van der Waals surface area contributed by atoms with Crippen molar-refractivity contribution in [3.63, 3.8) is 0 Å². The Bertz CT molecular complexity index is 271. The fourth-order valence-corrected chi connectivity index (χ4v) is 1.82. The van der Waals surface area contributed by atoms with Gasteiger partial charge < -0.3 is 0 Å². The molecule has 0 aromatic carbocycles. The van der Waals surface area contributed by atoms with E-state index < -0.39 is 0 Å². The Hall–Kier alpha value is -0.890. The maximum atomic E-state index is 4.32. The molecule has 0 radical (unpaired) electrons. The van der Waals surface area contributed by atoms with Gasteiger partial charge in [-0.2, -0.15) is 0 Å². The lowest BCUT2D eigenvalue weighted by atomic mass is 9.92. The molecule has 1 aromatic rings. The zero-order chi connectivity index (χ0) is 9.26. The van der Waals surface area contributed by atoms with Crippen LogP contribution in [0.5, 0.6) is 0 Å². The van der Waals surface area contributed by atoms with E-state index in [0.29, 0.717) is 0 Å². The third-order valence-electron chi connectivity index (χ3n) is 3.01. The highest BCUT2D eigenvalue weighted by Gasteiger charge is 2.31. The van der Waals surface area contributed by atoms with Crippen molar-refractivity contribution < 1.29 is 0 Å². The topological polar surface area (TPSA) is 16.1 Å². The van der Waals surface area contributed by atoms with Crippen molar-refractivity contribution >= 4 is 0 Å². The Balaban J connectivity index is 1.93. The van der Waals surface area contributed by atoms with Gasteiger partial charge in [0.25, 0.3) is 0 Å². The number of rotatable bonds is 2. The van der Waals surface area contributed by atoms with Crippen LogP contribution in [0.25, 0.3) is 0 Å². The third-order valence-corrected chi connectivity index (χ3v) is 3.01. The largest absolute Gasteiger partial charge is 0.294 e. The minimum absolute atomic E-state index is 0.724. The maximum Gasteiger partial charge on any atom is 0.0544 e. The highest BCUT2D eigenvalue weighted by molar-refractivity contribution is 5.04. The lowest BCUT2D eigenvalue weighted by Crippen LogP contribution is -2.52. The third kappa shape index (κ3) is 1.73. The summed E-state index contributed by atoms with van der Waals surface area (Å²) in [5, 5.41) is 0. The zero-order valence-corrected chi connectivity index (χ0v) is 8.27. The zero-order valence-electron chi connectivity index (χ0n) is 8.27. The van der Waals surface area contributed by atoms with Crippen LogP contribution < -0.4 is 0 Å². The van der Waals surface area contributed by atoms with Crippen LogP contribution in [0.15, 0.2) is 24.4 Å². The minimum Gasteiger partial charge on any atom is -0.294 e. The van der Waals surface area contributed by atoms with Crippen LogP contribution in [-0.2, 0) is 6.54 Å². The first-order valence-electron chi connectivity index (χ1n) is 4.91. The van der Waals surface area contributed by atoms with Gasteiger partial charge in [-0.25, -0.2) is 0 Å². The van der Waals surface area contributed by atoms with Gasteiger partial charge >= 0.3 is 0 Å². The monoisotopic (exact) mass is 176 g/mol. The molecule has 0 amide bonds. The Labute approximate surface area is 79.6 Å². The molecule has 1 aromatic heterocycles. The van der Waals surface area contributed by atoms with E-state index >= 15 is 0 Å². The quantitative estimate of drug-likeness (QED) is 0.684. The normalized spacial score (nSPS) is 28.5. The second-order valence-corrected chi connectivity index (χ2v) is 3.97. The lowest BCUT2D eigenvalue weighted by molar-refractivity contribution is 0.0295. The van der Waals surface area contributed by atoms with Gasteiger partial charge in [0.1, 0.15) is 0 Å². The molecule has 0 aliphatic carbocycles. The summed E-state index contributed by atoms with van der Waals surface area (Å²) in [6, 6.07) is 6.83. The van der Waals surface area contributed by atoms with Gasteiger partial charge in [0.15, 0.2) is 0 Å². The van der Waals surface area contributed by atoms with Crippen molar-refractivity contribution in [3.8, 4) is 0 Å². The van der Waals surface area contributed by atoms with Gasteiger partial charge in [-0.05, 0) is 25.0 Å². The SMILES string of the molecule is CC1CN(Cc2ccccn2)C1C. The van der Waals surface area contributed by atoms with Gasteiger partial charge in [0.2, 0.25) is 0 Å². The van der Waals surface area contributed by atoms with E-state index in [4.69, 9.17) is 0 Å². The summed E-state index contributed by atoms with van der Waals surface area (Å²) in [5.41, 5.74) is 1.18. The molecule has 1 aliphatic heterocycles. The first-order chi connectivity index (χ1) is 6.27. The van der Waals surface area contributed by atoms with Crippen LogP contribution in [0.4, 0.5) is 0 Å². The summed E-state index contributed by atoms with van der Waals surface area (Å²) in [4.78, 5) is 6.78. The molecule has 1 fully saturated rings. The van der Waals surface area contributed by atoms with Gasteiger partial charge in [0, 0.05) is 25.3 Å². The number of hydrogen-bond donors (Lipinski definition) is 0. The van der Waals surface area contributed by atoms with E-state index in [0.717, 1.165) is 18.5 Å². The predicted octanol–water partition coefficient (Wildman–Crippen LogP) is 1.92. The van der Waals surface area contributed by atoms with Gasteiger partial charge in [-0.15, -0.1) is 0 Å². The molecule has 2 nitrogen and oxygen atoms in total. The van der Waals surface area contributed by atoms with Crippen molar-refractivity contribution in [2.75, 3.05) is 6.54 Å². The molecule has 0 spiro atoms. The second kappa shape index (κ2) is 3.46. The molecule has 1 saturated heterocycles. The Morgan fingerprint density at radius 2 is 2.31 bits per heavy atom. The van der Waals surface area contributed by atoms with Crippen molar-refractivity contribution in [2.45, 2.75) is 26.4 Å². The van der Waals surface area contributed by atoms with Crippen molar-refractivity contribution in [1.82, 2.24) is 9.88 Å². The highest BCUT2D eigenvalue weighted by Crippen LogP contribution is 2.24. The van der Waals surface area contributed by atoms with E-state index in [1.165, 1.54) is 12.2 Å². The van der Waals surface area contributed by atoms with Crippen LogP contribution in [-0.4, -0.2) is 22.5 Å². The molecular weight excluding hydrogens is 160 g/mol. The molecule has 0 saturated carbocycles. The molecule has 2 heteroatoms. The molecule has 2 atom stereocenters. The number of likely N-dealkylation sites (tertiary alicyclic amines) is 1.